The van der Waals surface area contributed by atoms with Crippen molar-refractivity contribution in [3.63, 3.8) is 0 Å². The number of carbonyl (C=O) groups excluding carboxylic acids is 3. The molecule has 1 heterocycles. The Balaban J connectivity index is 2.80. The van der Waals surface area contributed by atoms with E-state index in [0.717, 1.165) is 45.2 Å². The SMILES string of the molecule is CC(C)CC(C(=O)NC1CCCCNCCCCCNC1=O)[C@@H](S)CC(=O)OC(C)C. The fourth-order valence-electron chi connectivity index (χ4n) is 3.73. The average molecular weight is 458 g/mol. The lowest BCUT2D eigenvalue weighted by atomic mass is 9.91. The summed E-state index contributed by atoms with van der Waals surface area (Å²) in [5, 5.41) is 8.90. The van der Waals surface area contributed by atoms with Gasteiger partial charge in [0.2, 0.25) is 11.8 Å². The van der Waals surface area contributed by atoms with Gasteiger partial charge in [-0.3, -0.25) is 14.4 Å². The molecule has 180 valence electrons. The summed E-state index contributed by atoms with van der Waals surface area (Å²) in [5.41, 5.74) is 0. The van der Waals surface area contributed by atoms with Gasteiger partial charge in [0.05, 0.1) is 18.4 Å². The first-order valence-corrected chi connectivity index (χ1v) is 12.4. The summed E-state index contributed by atoms with van der Waals surface area (Å²) in [5.74, 6) is -0.912. The van der Waals surface area contributed by atoms with E-state index in [9.17, 15) is 14.4 Å². The Bertz CT molecular complexity index is 557. The van der Waals surface area contributed by atoms with Crippen LogP contribution in [0.25, 0.3) is 0 Å². The van der Waals surface area contributed by atoms with Crippen LogP contribution in [0.2, 0.25) is 0 Å². The minimum absolute atomic E-state index is 0.0641. The summed E-state index contributed by atoms with van der Waals surface area (Å²) in [6.45, 7) is 10.2. The molecular formula is C23H43N3O4S. The monoisotopic (exact) mass is 457 g/mol. The number of thiol groups is 1. The minimum Gasteiger partial charge on any atom is -0.463 e. The van der Waals surface area contributed by atoms with E-state index in [2.05, 4.69) is 28.6 Å². The first kappa shape index (κ1) is 27.8. The van der Waals surface area contributed by atoms with E-state index in [0.29, 0.717) is 19.4 Å². The molecule has 0 aromatic carbocycles. The van der Waals surface area contributed by atoms with Gasteiger partial charge in [0.25, 0.3) is 0 Å². The summed E-state index contributed by atoms with van der Waals surface area (Å²) >= 11 is 4.58. The molecule has 1 fully saturated rings. The number of hydrogen-bond donors (Lipinski definition) is 4. The second kappa shape index (κ2) is 15.5. The molecule has 31 heavy (non-hydrogen) atoms. The summed E-state index contributed by atoms with van der Waals surface area (Å²) in [4.78, 5) is 38.0. The van der Waals surface area contributed by atoms with Crippen LogP contribution >= 0.6 is 12.6 Å². The predicted octanol–water partition coefficient (Wildman–Crippen LogP) is 2.83. The fourth-order valence-corrected chi connectivity index (χ4v) is 4.13. The van der Waals surface area contributed by atoms with Gasteiger partial charge in [0.15, 0.2) is 0 Å². The maximum absolute atomic E-state index is 13.2. The predicted molar refractivity (Wildman–Crippen MR) is 127 cm³/mol. The van der Waals surface area contributed by atoms with Gasteiger partial charge in [-0.25, -0.2) is 0 Å². The molecule has 2 amide bonds. The van der Waals surface area contributed by atoms with Crippen LogP contribution in [0.1, 0.15) is 79.1 Å². The largest absolute Gasteiger partial charge is 0.463 e. The van der Waals surface area contributed by atoms with Crippen LogP contribution in [0.15, 0.2) is 0 Å². The summed E-state index contributed by atoms with van der Waals surface area (Å²) in [6, 6.07) is -0.564. The Hall–Kier alpha value is -1.28. The number of ether oxygens (including phenoxy) is 1. The smallest absolute Gasteiger partial charge is 0.307 e. The number of nitrogens with one attached hydrogen (secondary N) is 3. The van der Waals surface area contributed by atoms with Gasteiger partial charge in [0.1, 0.15) is 6.04 Å². The van der Waals surface area contributed by atoms with Gasteiger partial charge in [-0.15, -0.1) is 0 Å². The number of esters is 1. The van der Waals surface area contributed by atoms with E-state index in [1.54, 1.807) is 13.8 Å². The van der Waals surface area contributed by atoms with Crippen LogP contribution in [0, 0.1) is 11.8 Å². The van der Waals surface area contributed by atoms with E-state index >= 15 is 0 Å². The molecule has 1 saturated heterocycles. The number of amides is 2. The van der Waals surface area contributed by atoms with Gasteiger partial charge in [0, 0.05) is 11.8 Å². The van der Waals surface area contributed by atoms with Crippen molar-refractivity contribution in [1.29, 1.82) is 0 Å². The van der Waals surface area contributed by atoms with Crippen LogP contribution in [0.4, 0.5) is 0 Å². The van der Waals surface area contributed by atoms with Crippen LogP contribution in [-0.4, -0.2) is 54.8 Å². The Morgan fingerprint density at radius 3 is 2.35 bits per heavy atom. The van der Waals surface area contributed by atoms with Crippen LogP contribution < -0.4 is 16.0 Å². The van der Waals surface area contributed by atoms with Crippen molar-refractivity contribution in [2.45, 2.75) is 96.5 Å². The Morgan fingerprint density at radius 1 is 1.06 bits per heavy atom. The first-order chi connectivity index (χ1) is 14.7. The molecule has 7 nitrogen and oxygen atoms in total. The van der Waals surface area contributed by atoms with Crippen molar-refractivity contribution in [2.75, 3.05) is 19.6 Å². The van der Waals surface area contributed by atoms with Crippen molar-refractivity contribution in [3.8, 4) is 0 Å². The molecule has 1 aliphatic rings. The average Bonchev–Trinajstić information content (AvgIpc) is 2.69. The molecule has 0 saturated carbocycles. The topological polar surface area (TPSA) is 96.5 Å². The van der Waals surface area contributed by atoms with Crippen molar-refractivity contribution < 1.29 is 19.1 Å². The number of carbonyl (C=O) groups is 3. The minimum atomic E-state index is -0.564. The molecule has 3 atom stereocenters. The third-order valence-electron chi connectivity index (χ3n) is 5.33. The van der Waals surface area contributed by atoms with Gasteiger partial charge in [-0.2, -0.15) is 12.6 Å². The summed E-state index contributed by atoms with van der Waals surface area (Å²) in [6.07, 6.45) is 5.97. The number of hydrogen-bond acceptors (Lipinski definition) is 6. The van der Waals surface area contributed by atoms with Crippen molar-refractivity contribution in [3.05, 3.63) is 0 Å². The summed E-state index contributed by atoms with van der Waals surface area (Å²) < 4.78 is 5.22. The maximum Gasteiger partial charge on any atom is 0.307 e. The zero-order valence-electron chi connectivity index (χ0n) is 19.7. The highest BCUT2D eigenvalue weighted by molar-refractivity contribution is 7.81. The van der Waals surface area contributed by atoms with Gasteiger partial charge in [-0.05, 0) is 71.4 Å². The maximum atomic E-state index is 13.2. The molecule has 0 bridgehead atoms. The molecule has 1 rings (SSSR count). The highest BCUT2D eigenvalue weighted by atomic mass is 32.1. The van der Waals surface area contributed by atoms with E-state index in [1.807, 2.05) is 13.8 Å². The Kier molecular flexibility index (Phi) is 13.9. The lowest BCUT2D eigenvalue weighted by Gasteiger charge is -2.27. The third-order valence-corrected chi connectivity index (χ3v) is 5.87. The quantitative estimate of drug-likeness (QED) is 0.332. The molecule has 0 aliphatic carbocycles. The molecule has 0 radical (unpaired) electrons. The zero-order chi connectivity index (χ0) is 23.2. The van der Waals surface area contributed by atoms with E-state index in [4.69, 9.17) is 4.74 Å². The molecule has 3 N–H and O–H groups in total. The molecule has 2 unspecified atom stereocenters. The van der Waals surface area contributed by atoms with Crippen LogP contribution in [0.5, 0.6) is 0 Å². The second-order valence-electron chi connectivity index (χ2n) is 9.20. The third kappa shape index (κ3) is 12.4. The van der Waals surface area contributed by atoms with E-state index in [-0.39, 0.29) is 36.2 Å². The van der Waals surface area contributed by atoms with Gasteiger partial charge < -0.3 is 20.7 Å². The summed E-state index contributed by atoms with van der Waals surface area (Å²) in [7, 11) is 0. The van der Waals surface area contributed by atoms with Crippen LogP contribution in [-0.2, 0) is 19.1 Å². The molecule has 1 aliphatic heterocycles. The number of rotatable bonds is 8. The van der Waals surface area contributed by atoms with Gasteiger partial charge >= 0.3 is 5.97 Å². The molecule has 0 aromatic rings. The van der Waals surface area contributed by atoms with Crippen molar-refractivity contribution >= 4 is 30.4 Å². The standard InChI is InChI=1S/C23H43N3O4S/c1-16(2)14-18(20(31)15-21(27)30-17(3)4)22(28)26-19-10-6-9-12-24-11-7-5-8-13-25-23(19)29/h16-20,24,31H,5-15H2,1-4H3,(H,25,29)(H,26,28)/t18?,19?,20-/m0/s1. The van der Waals surface area contributed by atoms with Gasteiger partial charge in [-0.1, -0.05) is 20.3 Å². The van der Waals surface area contributed by atoms with E-state index in [1.165, 1.54) is 0 Å². The molecular weight excluding hydrogens is 414 g/mol. The first-order valence-electron chi connectivity index (χ1n) is 11.9. The van der Waals surface area contributed by atoms with E-state index < -0.39 is 17.2 Å². The highest BCUT2D eigenvalue weighted by Crippen LogP contribution is 2.24. The van der Waals surface area contributed by atoms with Crippen molar-refractivity contribution in [2.24, 2.45) is 11.8 Å². The van der Waals surface area contributed by atoms with Crippen molar-refractivity contribution in [1.82, 2.24) is 16.0 Å². The molecule has 0 spiro atoms. The Morgan fingerprint density at radius 2 is 1.71 bits per heavy atom. The lowest BCUT2D eigenvalue weighted by Crippen LogP contribution is -2.50. The zero-order valence-corrected chi connectivity index (χ0v) is 20.6. The highest BCUT2D eigenvalue weighted by Gasteiger charge is 2.31. The fraction of sp³-hybridized carbons (Fsp3) is 0.870. The second-order valence-corrected chi connectivity index (χ2v) is 9.87. The normalized spacial score (nSPS) is 21.3. The molecule has 0 aromatic heterocycles. The van der Waals surface area contributed by atoms with Crippen LogP contribution in [0.3, 0.4) is 0 Å². The molecule has 8 heteroatoms. The Labute approximate surface area is 193 Å². The lowest BCUT2D eigenvalue weighted by molar-refractivity contribution is -0.147.